The molecule has 1 aromatic rings. The predicted octanol–water partition coefficient (Wildman–Crippen LogP) is 3.44. The fraction of sp³-hybridized carbons (Fsp3) is 0.500. The van der Waals surface area contributed by atoms with Crippen molar-refractivity contribution in [1.29, 1.82) is 0 Å². The third-order valence-electron chi connectivity index (χ3n) is 2.26. The number of carbonyl (C=O) groups excluding carboxylic acids is 1. The lowest BCUT2D eigenvalue weighted by Gasteiger charge is -2.11. The van der Waals surface area contributed by atoms with Crippen LogP contribution in [0.5, 0.6) is 0 Å². The minimum atomic E-state index is -0.317. The fourth-order valence-electron chi connectivity index (χ4n) is 1.41. The highest BCUT2D eigenvalue weighted by atomic mass is 79.9. The zero-order chi connectivity index (χ0) is 12.0. The molecule has 0 aliphatic heterocycles. The Morgan fingerprint density at radius 1 is 1.62 bits per heavy atom. The molecule has 4 heteroatoms. The molecule has 0 radical (unpaired) electrons. The molecule has 0 aliphatic rings. The van der Waals surface area contributed by atoms with Crippen molar-refractivity contribution in [3.05, 3.63) is 28.5 Å². The molecule has 1 unspecified atom stereocenters. The second-order valence-corrected chi connectivity index (χ2v) is 4.59. The van der Waals surface area contributed by atoms with E-state index >= 15 is 0 Å². The van der Waals surface area contributed by atoms with E-state index in [4.69, 9.17) is 4.74 Å². The minimum absolute atomic E-state index is 0.317. The molecule has 0 fully saturated rings. The van der Waals surface area contributed by atoms with Gasteiger partial charge < -0.3 is 4.74 Å². The van der Waals surface area contributed by atoms with Crippen molar-refractivity contribution in [3.8, 4) is 0 Å². The molecule has 0 spiro atoms. The lowest BCUT2D eigenvalue weighted by atomic mass is 10.1. The molecule has 1 heterocycles. The lowest BCUT2D eigenvalue weighted by Crippen LogP contribution is -2.12. The van der Waals surface area contributed by atoms with E-state index in [2.05, 4.69) is 34.8 Å². The normalized spacial score (nSPS) is 12.2. The molecule has 1 atom stereocenters. The molecule has 0 aromatic carbocycles. The summed E-state index contributed by atoms with van der Waals surface area (Å²) in [5, 5.41) is 0. The second-order valence-electron chi connectivity index (χ2n) is 3.83. The van der Waals surface area contributed by atoms with E-state index < -0.39 is 0 Å². The smallest absolute Gasteiger partial charge is 0.340 e. The number of pyridine rings is 1. The van der Waals surface area contributed by atoms with E-state index in [0.717, 1.165) is 12.8 Å². The SMILES string of the molecule is CCCC(C)COC(=O)c1cccnc1Br. The highest BCUT2D eigenvalue weighted by Gasteiger charge is 2.12. The molecular weight excluding hydrogens is 270 g/mol. The Bertz CT molecular complexity index is 355. The summed E-state index contributed by atoms with van der Waals surface area (Å²) in [7, 11) is 0. The summed E-state index contributed by atoms with van der Waals surface area (Å²) in [6, 6.07) is 3.42. The van der Waals surface area contributed by atoms with E-state index in [1.165, 1.54) is 0 Å². The average molecular weight is 286 g/mol. The lowest BCUT2D eigenvalue weighted by molar-refractivity contribution is 0.0442. The van der Waals surface area contributed by atoms with Gasteiger partial charge in [-0.25, -0.2) is 9.78 Å². The van der Waals surface area contributed by atoms with Gasteiger partial charge in [0, 0.05) is 6.20 Å². The second kappa shape index (κ2) is 6.63. The zero-order valence-corrected chi connectivity index (χ0v) is 11.2. The Labute approximate surface area is 104 Å². The summed E-state index contributed by atoms with van der Waals surface area (Å²) in [5.41, 5.74) is 0.478. The Kier molecular flexibility index (Phi) is 5.46. The van der Waals surface area contributed by atoms with E-state index in [1.807, 2.05) is 0 Å². The number of carbonyl (C=O) groups is 1. The highest BCUT2D eigenvalue weighted by Crippen LogP contribution is 2.14. The maximum atomic E-state index is 11.7. The van der Waals surface area contributed by atoms with Crippen LogP contribution < -0.4 is 0 Å². The van der Waals surface area contributed by atoms with Crippen molar-refractivity contribution in [2.75, 3.05) is 6.61 Å². The van der Waals surface area contributed by atoms with E-state index in [9.17, 15) is 4.79 Å². The summed E-state index contributed by atoms with van der Waals surface area (Å²) < 4.78 is 5.74. The number of esters is 1. The topological polar surface area (TPSA) is 39.2 Å². The number of halogens is 1. The van der Waals surface area contributed by atoms with Crippen molar-refractivity contribution in [2.45, 2.75) is 26.7 Å². The van der Waals surface area contributed by atoms with Crippen molar-refractivity contribution in [2.24, 2.45) is 5.92 Å². The molecule has 0 N–H and O–H groups in total. The van der Waals surface area contributed by atoms with Crippen LogP contribution in [0, 0.1) is 5.92 Å². The Morgan fingerprint density at radius 2 is 2.38 bits per heavy atom. The summed E-state index contributed by atoms with van der Waals surface area (Å²) in [4.78, 5) is 15.7. The van der Waals surface area contributed by atoms with E-state index in [1.54, 1.807) is 18.3 Å². The molecule has 0 amide bonds. The number of aromatic nitrogens is 1. The van der Waals surface area contributed by atoms with Gasteiger partial charge in [0.25, 0.3) is 0 Å². The first-order valence-electron chi connectivity index (χ1n) is 5.42. The summed E-state index contributed by atoms with van der Waals surface area (Å²) in [6.07, 6.45) is 3.80. The van der Waals surface area contributed by atoms with Crippen LogP contribution in [-0.4, -0.2) is 17.6 Å². The van der Waals surface area contributed by atoms with Gasteiger partial charge in [0.2, 0.25) is 0 Å². The maximum Gasteiger partial charge on any atom is 0.340 e. The number of hydrogen-bond donors (Lipinski definition) is 0. The number of nitrogens with zero attached hydrogens (tertiary/aromatic N) is 1. The monoisotopic (exact) mass is 285 g/mol. The highest BCUT2D eigenvalue weighted by molar-refractivity contribution is 9.10. The predicted molar refractivity (Wildman–Crippen MR) is 66.3 cm³/mol. The van der Waals surface area contributed by atoms with Gasteiger partial charge in [0.1, 0.15) is 4.60 Å². The zero-order valence-electron chi connectivity index (χ0n) is 9.57. The molecular formula is C12H16BrNO2. The van der Waals surface area contributed by atoms with Crippen molar-refractivity contribution >= 4 is 21.9 Å². The van der Waals surface area contributed by atoms with Crippen molar-refractivity contribution in [3.63, 3.8) is 0 Å². The first-order valence-corrected chi connectivity index (χ1v) is 6.22. The van der Waals surface area contributed by atoms with Crippen LogP contribution in [0.3, 0.4) is 0 Å². The van der Waals surface area contributed by atoms with Crippen LogP contribution in [-0.2, 0) is 4.74 Å². The van der Waals surface area contributed by atoms with Gasteiger partial charge >= 0.3 is 5.97 Å². The van der Waals surface area contributed by atoms with Crippen LogP contribution in [0.15, 0.2) is 22.9 Å². The maximum absolute atomic E-state index is 11.7. The third kappa shape index (κ3) is 3.93. The quantitative estimate of drug-likeness (QED) is 0.615. The summed E-state index contributed by atoms with van der Waals surface area (Å²) in [6.45, 7) is 4.67. The van der Waals surface area contributed by atoms with Gasteiger partial charge in [0.15, 0.2) is 0 Å². The fourth-order valence-corrected chi connectivity index (χ4v) is 1.82. The van der Waals surface area contributed by atoms with Crippen LogP contribution in [0.1, 0.15) is 37.0 Å². The third-order valence-corrected chi connectivity index (χ3v) is 2.89. The van der Waals surface area contributed by atoms with Crippen molar-refractivity contribution < 1.29 is 9.53 Å². The molecule has 1 aromatic heterocycles. The molecule has 0 aliphatic carbocycles. The molecule has 0 saturated carbocycles. The van der Waals surface area contributed by atoms with Crippen molar-refractivity contribution in [1.82, 2.24) is 4.98 Å². The Balaban J connectivity index is 2.50. The van der Waals surface area contributed by atoms with Gasteiger partial charge in [-0.1, -0.05) is 20.3 Å². The van der Waals surface area contributed by atoms with Crippen LogP contribution in [0.25, 0.3) is 0 Å². The molecule has 88 valence electrons. The van der Waals surface area contributed by atoms with Crippen LogP contribution >= 0.6 is 15.9 Å². The number of rotatable bonds is 5. The standard InChI is InChI=1S/C12H16BrNO2/c1-3-5-9(2)8-16-12(15)10-6-4-7-14-11(10)13/h4,6-7,9H,3,5,8H2,1-2H3. The molecule has 0 saturated heterocycles. The van der Waals surface area contributed by atoms with E-state index in [-0.39, 0.29) is 5.97 Å². The molecule has 3 nitrogen and oxygen atoms in total. The average Bonchev–Trinajstić information content (AvgIpc) is 2.27. The van der Waals surface area contributed by atoms with Crippen LogP contribution in [0.2, 0.25) is 0 Å². The van der Waals surface area contributed by atoms with Gasteiger partial charge in [-0.05, 0) is 40.4 Å². The number of hydrogen-bond acceptors (Lipinski definition) is 3. The number of ether oxygens (including phenoxy) is 1. The molecule has 1 rings (SSSR count). The van der Waals surface area contributed by atoms with Gasteiger partial charge in [-0.15, -0.1) is 0 Å². The Morgan fingerprint density at radius 3 is 3.00 bits per heavy atom. The van der Waals surface area contributed by atoms with Gasteiger partial charge in [-0.3, -0.25) is 0 Å². The Hall–Kier alpha value is -0.900. The summed E-state index contributed by atoms with van der Waals surface area (Å²) in [5.74, 6) is 0.0901. The first kappa shape index (κ1) is 13.2. The molecule has 0 bridgehead atoms. The first-order chi connectivity index (χ1) is 7.65. The molecule has 16 heavy (non-hydrogen) atoms. The minimum Gasteiger partial charge on any atom is -0.462 e. The van der Waals surface area contributed by atoms with Crippen LogP contribution in [0.4, 0.5) is 0 Å². The van der Waals surface area contributed by atoms with Gasteiger partial charge in [-0.2, -0.15) is 0 Å². The largest absolute Gasteiger partial charge is 0.462 e. The van der Waals surface area contributed by atoms with E-state index in [0.29, 0.717) is 22.7 Å². The van der Waals surface area contributed by atoms with Gasteiger partial charge in [0.05, 0.1) is 12.2 Å². The summed E-state index contributed by atoms with van der Waals surface area (Å²) >= 11 is 3.22.